The number of aromatic nitrogens is 2. The predicted octanol–water partition coefficient (Wildman–Crippen LogP) is 3.14. The van der Waals surface area contributed by atoms with E-state index in [0.29, 0.717) is 5.76 Å². The lowest BCUT2D eigenvalue weighted by Gasteiger charge is -2.22. The van der Waals surface area contributed by atoms with Crippen molar-refractivity contribution in [2.24, 2.45) is 7.05 Å². The van der Waals surface area contributed by atoms with Crippen LogP contribution >= 0.6 is 0 Å². The molecule has 0 radical (unpaired) electrons. The van der Waals surface area contributed by atoms with Crippen molar-refractivity contribution in [2.45, 2.75) is 18.9 Å². The van der Waals surface area contributed by atoms with Gasteiger partial charge in [0.1, 0.15) is 5.58 Å². The Morgan fingerprint density at radius 2 is 2.23 bits per heavy atom. The Morgan fingerprint density at radius 1 is 1.36 bits per heavy atom. The molecule has 1 fully saturated rings. The molecule has 1 aliphatic heterocycles. The predicted molar refractivity (Wildman–Crippen MR) is 82.4 cm³/mol. The molecule has 0 aliphatic carbocycles. The normalized spacial score (nSPS) is 18.2. The van der Waals surface area contributed by atoms with Gasteiger partial charge in [-0.2, -0.15) is 5.10 Å². The summed E-state index contributed by atoms with van der Waals surface area (Å²) in [7, 11) is 1.89. The van der Waals surface area contributed by atoms with Crippen LogP contribution in [0.15, 0.2) is 47.1 Å². The summed E-state index contributed by atoms with van der Waals surface area (Å²) in [6, 6.07) is 9.62. The summed E-state index contributed by atoms with van der Waals surface area (Å²) >= 11 is 0. The smallest absolute Gasteiger partial charge is 0.290 e. The van der Waals surface area contributed by atoms with Gasteiger partial charge in [-0.3, -0.25) is 9.48 Å². The Morgan fingerprint density at radius 3 is 3.00 bits per heavy atom. The number of furan rings is 1. The van der Waals surface area contributed by atoms with Crippen molar-refractivity contribution < 1.29 is 9.21 Å². The third-order valence-electron chi connectivity index (χ3n) is 4.26. The average Bonchev–Trinajstić information content (AvgIpc) is 3.24. The molecule has 0 bridgehead atoms. The number of para-hydroxylation sites is 1. The summed E-state index contributed by atoms with van der Waals surface area (Å²) < 4.78 is 7.49. The molecule has 22 heavy (non-hydrogen) atoms. The van der Waals surface area contributed by atoms with Crippen LogP contribution in [0, 0.1) is 0 Å². The molecule has 1 saturated heterocycles. The monoisotopic (exact) mass is 295 g/mol. The van der Waals surface area contributed by atoms with Gasteiger partial charge in [0.2, 0.25) is 0 Å². The molecule has 0 unspecified atom stereocenters. The average molecular weight is 295 g/mol. The van der Waals surface area contributed by atoms with Gasteiger partial charge in [-0.25, -0.2) is 0 Å². The third kappa shape index (κ3) is 2.09. The summed E-state index contributed by atoms with van der Waals surface area (Å²) in [4.78, 5) is 14.7. The molecule has 5 nitrogen and oxygen atoms in total. The largest absolute Gasteiger partial charge is 0.451 e. The number of nitrogens with zero attached hydrogens (tertiary/aromatic N) is 3. The zero-order valence-corrected chi connectivity index (χ0v) is 12.4. The van der Waals surface area contributed by atoms with E-state index < -0.39 is 0 Å². The van der Waals surface area contributed by atoms with Crippen molar-refractivity contribution in [3.05, 3.63) is 54.0 Å². The second-order valence-corrected chi connectivity index (χ2v) is 5.75. The first-order chi connectivity index (χ1) is 10.7. The van der Waals surface area contributed by atoms with Gasteiger partial charge >= 0.3 is 0 Å². The highest BCUT2D eigenvalue weighted by molar-refractivity contribution is 5.96. The van der Waals surface area contributed by atoms with E-state index in [9.17, 15) is 4.79 Å². The minimum Gasteiger partial charge on any atom is -0.451 e. The molecular weight excluding hydrogens is 278 g/mol. The number of carbonyl (C=O) groups is 1. The molecule has 1 amide bonds. The van der Waals surface area contributed by atoms with E-state index in [-0.39, 0.29) is 11.9 Å². The first kappa shape index (κ1) is 13.1. The minimum absolute atomic E-state index is 0.0393. The van der Waals surface area contributed by atoms with Gasteiger partial charge in [-0.15, -0.1) is 0 Å². The lowest BCUT2D eigenvalue weighted by atomic mass is 10.1. The van der Waals surface area contributed by atoms with Crippen LogP contribution in [0.2, 0.25) is 0 Å². The molecule has 1 atom stereocenters. The van der Waals surface area contributed by atoms with E-state index in [1.165, 1.54) is 0 Å². The molecule has 3 heterocycles. The van der Waals surface area contributed by atoms with Gasteiger partial charge in [0.05, 0.1) is 12.2 Å². The van der Waals surface area contributed by atoms with Gasteiger partial charge in [-0.05, 0) is 25.0 Å². The van der Waals surface area contributed by atoms with Gasteiger partial charge < -0.3 is 9.32 Å². The fraction of sp³-hybridized carbons (Fsp3) is 0.294. The highest BCUT2D eigenvalue weighted by Crippen LogP contribution is 2.33. The summed E-state index contributed by atoms with van der Waals surface area (Å²) in [5, 5.41) is 5.18. The molecule has 1 aromatic carbocycles. The fourth-order valence-electron chi connectivity index (χ4n) is 3.20. The first-order valence-electron chi connectivity index (χ1n) is 7.50. The van der Waals surface area contributed by atoms with E-state index >= 15 is 0 Å². The van der Waals surface area contributed by atoms with Crippen LogP contribution in [-0.4, -0.2) is 27.1 Å². The molecular formula is C17H17N3O2. The maximum absolute atomic E-state index is 12.8. The maximum Gasteiger partial charge on any atom is 0.290 e. The van der Waals surface area contributed by atoms with Crippen LogP contribution in [0.1, 0.15) is 35.0 Å². The molecule has 5 heteroatoms. The van der Waals surface area contributed by atoms with Gasteiger partial charge in [0, 0.05) is 30.7 Å². The van der Waals surface area contributed by atoms with E-state index in [1.54, 1.807) is 4.68 Å². The van der Waals surface area contributed by atoms with E-state index in [2.05, 4.69) is 5.10 Å². The quantitative estimate of drug-likeness (QED) is 0.730. The van der Waals surface area contributed by atoms with Crippen LogP contribution in [-0.2, 0) is 7.05 Å². The Labute approximate surface area is 128 Å². The van der Waals surface area contributed by atoms with Crippen LogP contribution < -0.4 is 0 Å². The molecule has 0 N–H and O–H groups in total. The maximum atomic E-state index is 12.8. The summed E-state index contributed by atoms with van der Waals surface area (Å²) in [5.41, 5.74) is 1.84. The Hall–Kier alpha value is -2.56. The molecule has 1 aliphatic rings. The van der Waals surface area contributed by atoms with Gasteiger partial charge in [-0.1, -0.05) is 18.2 Å². The number of amides is 1. The number of hydrogen-bond donors (Lipinski definition) is 0. The fourth-order valence-corrected chi connectivity index (χ4v) is 3.20. The van der Waals surface area contributed by atoms with Crippen LogP contribution in [0.5, 0.6) is 0 Å². The third-order valence-corrected chi connectivity index (χ3v) is 4.26. The Balaban J connectivity index is 1.66. The van der Waals surface area contributed by atoms with Gasteiger partial charge in [0.15, 0.2) is 5.76 Å². The second-order valence-electron chi connectivity index (χ2n) is 5.75. The zero-order chi connectivity index (χ0) is 15.1. The van der Waals surface area contributed by atoms with E-state index in [0.717, 1.165) is 35.9 Å². The number of benzene rings is 1. The summed E-state index contributed by atoms with van der Waals surface area (Å²) in [6.07, 6.45) is 5.80. The number of likely N-dealkylation sites (tertiary alicyclic amines) is 1. The summed E-state index contributed by atoms with van der Waals surface area (Å²) in [6.45, 7) is 0.759. The standard InChI is InChI=1S/C17H17N3O2/c1-19-11-13(10-18-19)14-6-4-8-20(14)17(21)16-9-12-5-2-3-7-15(12)22-16/h2-3,5,7,9-11,14H,4,6,8H2,1H3/t14-/m1/s1. The number of hydrogen-bond acceptors (Lipinski definition) is 3. The number of aryl methyl sites for hydroxylation is 1. The van der Waals surface area contributed by atoms with Crippen molar-refractivity contribution in [1.29, 1.82) is 0 Å². The second kappa shape index (κ2) is 5.02. The van der Waals surface area contributed by atoms with Crippen molar-refractivity contribution in [1.82, 2.24) is 14.7 Å². The Bertz CT molecular complexity index is 800. The topological polar surface area (TPSA) is 51.3 Å². The SMILES string of the molecule is Cn1cc([C@H]2CCCN2C(=O)c2cc3ccccc3o2)cn1. The number of rotatable bonds is 2. The van der Waals surface area contributed by atoms with Crippen molar-refractivity contribution in [3.8, 4) is 0 Å². The van der Waals surface area contributed by atoms with Crippen molar-refractivity contribution >= 4 is 16.9 Å². The molecule has 4 rings (SSSR count). The lowest BCUT2D eigenvalue weighted by molar-refractivity contribution is 0.0705. The first-order valence-corrected chi connectivity index (χ1v) is 7.50. The zero-order valence-electron chi connectivity index (χ0n) is 12.4. The van der Waals surface area contributed by atoms with Crippen LogP contribution in [0.25, 0.3) is 11.0 Å². The molecule has 3 aromatic rings. The number of carbonyl (C=O) groups excluding carboxylic acids is 1. The lowest BCUT2D eigenvalue weighted by Crippen LogP contribution is -2.30. The van der Waals surface area contributed by atoms with E-state index in [1.807, 2.05) is 54.7 Å². The van der Waals surface area contributed by atoms with Crippen molar-refractivity contribution in [3.63, 3.8) is 0 Å². The summed E-state index contributed by atoms with van der Waals surface area (Å²) in [5.74, 6) is 0.375. The molecule has 0 spiro atoms. The van der Waals surface area contributed by atoms with E-state index in [4.69, 9.17) is 4.42 Å². The molecule has 112 valence electrons. The number of fused-ring (bicyclic) bond motifs is 1. The minimum atomic E-state index is -0.0393. The van der Waals surface area contributed by atoms with Crippen molar-refractivity contribution in [2.75, 3.05) is 6.54 Å². The Kier molecular flexibility index (Phi) is 2.99. The van der Waals surface area contributed by atoms with Gasteiger partial charge in [0.25, 0.3) is 5.91 Å². The molecule has 0 saturated carbocycles. The molecule has 2 aromatic heterocycles. The van der Waals surface area contributed by atoms with Crippen LogP contribution in [0.3, 0.4) is 0 Å². The van der Waals surface area contributed by atoms with Crippen LogP contribution in [0.4, 0.5) is 0 Å². The highest BCUT2D eigenvalue weighted by Gasteiger charge is 2.32. The highest BCUT2D eigenvalue weighted by atomic mass is 16.3.